The van der Waals surface area contributed by atoms with Gasteiger partial charge in [0.1, 0.15) is 0 Å². The molecule has 0 spiro atoms. The Bertz CT molecular complexity index is 1510. The van der Waals surface area contributed by atoms with E-state index in [1.807, 2.05) is 0 Å². The van der Waals surface area contributed by atoms with Crippen LogP contribution in [0, 0.1) is 5.41 Å². The Morgan fingerprint density at radius 3 is 1.78 bits per heavy atom. The van der Waals surface area contributed by atoms with Crippen LogP contribution in [0.1, 0.15) is 64.2 Å². The van der Waals surface area contributed by atoms with Crippen molar-refractivity contribution < 1.29 is 0 Å². The van der Waals surface area contributed by atoms with Crippen molar-refractivity contribution >= 4 is 32.9 Å². The van der Waals surface area contributed by atoms with Crippen LogP contribution in [0.3, 0.4) is 0 Å². The third-order valence-corrected chi connectivity index (χ3v) is 7.30. The maximum Gasteiger partial charge on any atom is 0.0464 e. The van der Waals surface area contributed by atoms with Gasteiger partial charge in [-0.3, -0.25) is 0 Å². The molecule has 0 radical (unpaired) electrons. The first-order valence-electron chi connectivity index (χ1n) is 13.0. The minimum Gasteiger partial charge on any atom is -0.355 e. The highest BCUT2D eigenvalue weighted by Gasteiger charge is 2.30. The second kappa shape index (κ2) is 9.13. The van der Waals surface area contributed by atoms with Crippen LogP contribution in [0.5, 0.6) is 0 Å². The Hall–Kier alpha value is -3.58. The van der Waals surface area contributed by atoms with E-state index < -0.39 is 0 Å². The normalized spacial score (nSPS) is 13.2. The third kappa shape index (κ3) is 4.63. The summed E-state index contributed by atoms with van der Waals surface area (Å²) in [6.45, 7) is 13.8. The Kier molecular flexibility index (Phi) is 6.12. The van der Waals surface area contributed by atoms with Crippen molar-refractivity contribution in [2.45, 2.75) is 52.9 Å². The van der Waals surface area contributed by atoms with Crippen LogP contribution in [-0.2, 0) is 5.41 Å². The van der Waals surface area contributed by atoms with Gasteiger partial charge in [-0.15, -0.1) is 0 Å². The lowest BCUT2D eigenvalue weighted by Gasteiger charge is -2.34. The summed E-state index contributed by atoms with van der Waals surface area (Å²) >= 11 is 0. The van der Waals surface area contributed by atoms with E-state index in [2.05, 4.69) is 150 Å². The van der Waals surface area contributed by atoms with E-state index in [0.717, 1.165) is 11.4 Å². The van der Waals surface area contributed by atoms with Crippen molar-refractivity contribution in [3.63, 3.8) is 0 Å². The lowest BCUT2D eigenvalue weighted by molar-refractivity contribution is 0.361. The van der Waals surface area contributed by atoms with Gasteiger partial charge in [0.2, 0.25) is 0 Å². The molecular weight excluding hydrogens is 434 g/mol. The first kappa shape index (κ1) is 24.1. The largest absolute Gasteiger partial charge is 0.355 e. The Balaban J connectivity index is 1.63. The topological polar surface area (TPSA) is 12.0 Å². The van der Waals surface area contributed by atoms with E-state index in [1.54, 1.807) is 0 Å². The first-order valence-corrected chi connectivity index (χ1v) is 13.0. The zero-order valence-electron chi connectivity index (χ0n) is 22.4. The molecule has 5 aromatic carbocycles. The van der Waals surface area contributed by atoms with Gasteiger partial charge in [0.15, 0.2) is 0 Å². The molecule has 0 heterocycles. The van der Waals surface area contributed by atoms with Gasteiger partial charge in [0.05, 0.1) is 0 Å². The van der Waals surface area contributed by atoms with Crippen molar-refractivity contribution in [3.05, 3.63) is 120 Å². The summed E-state index contributed by atoms with van der Waals surface area (Å²) in [5, 5.41) is 8.90. The molecule has 0 saturated heterocycles. The highest BCUT2D eigenvalue weighted by atomic mass is 14.9. The number of benzene rings is 5. The van der Waals surface area contributed by atoms with Crippen LogP contribution >= 0.6 is 0 Å². The van der Waals surface area contributed by atoms with Gasteiger partial charge in [-0.25, -0.2) is 0 Å². The van der Waals surface area contributed by atoms with Gasteiger partial charge >= 0.3 is 0 Å². The summed E-state index contributed by atoms with van der Waals surface area (Å²) in [4.78, 5) is 0. The molecule has 0 aliphatic rings. The molecule has 5 aromatic rings. The Morgan fingerprint density at radius 1 is 0.528 bits per heavy atom. The van der Waals surface area contributed by atoms with E-state index in [9.17, 15) is 0 Å². The van der Waals surface area contributed by atoms with Gasteiger partial charge in [-0.05, 0) is 61.9 Å². The second-order valence-corrected chi connectivity index (χ2v) is 12.1. The monoisotopic (exact) mass is 471 g/mol. The lowest BCUT2D eigenvalue weighted by Crippen LogP contribution is -2.20. The zero-order valence-corrected chi connectivity index (χ0v) is 22.4. The van der Waals surface area contributed by atoms with Crippen molar-refractivity contribution in [1.82, 2.24) is 0 Å². The quantitative estimate of drug-likeness (QED) is 0.275. The highest BCUT2D eigenvalue weighted by Crippen LogP contribution is 2.46. The van der Waals surface area contributed by atoms with E-state index >= 15 is 0 Å². The molecule has 0 amide bonds. The zero-order chi connectivity index (χ0) is 25.5. The summed E-state index contributed by atoms with van der Waals surface area (Å²) in [5.74, 6) is 0.258. The smallest absolute Gasteiger partial charge is 0.0464 e. The van der Waals surface area contributed by atoms with Crippen LogP contribution < -0.4 is 5.32 Å². The molecule has 36 heavy (non-hydrogen) atoms. The van der Waals surface area contributed by atoms with Gasteiger partial charge in [-0.1, -0.05) is 126 Å². The number of hydrogen-bond acceptors (Lipinski definition) is 1. The van der Waals surface area contributed by atoms with Crippen molar-refractivity contribution in [1.29, 1.82) is 0 Å². The average molecular weight is 472 g/mol. The van der Waals surface area contributed by atoms with E-state index in [-0.39, 0.29) is 16.7 Å². The number of nitrogens with one attached hydrogen (secondary N) is 1. The standard InChI is InChI=1S/C35H37N/c1-34(2,3)25-18-20-26(21-19-25)36-32-23-22-31(28-15-9-10-16-29(28)32)33(35(4,5)6)30-17-11-13-24-12-7-8-14-27(24)30/h7-23,33,36H,1-6H3. The number of fused-ring (bicyclic) bond motifs is 2. The van der Waals surface area contributed by atoms with Crippen LogP contribution in [0.15, 0.2) is 103 Å². The first-order chi connectivity index (χ1) is 17.1. The van der Waals surface area contributed by atoms with E-state index in [0.29, 0.717) is 0 Å². The average Bonchev–Trinajstić information content (AvgIpc) is 2.84. The summed E-state index contributed by atoms with van der Waals surface area (Å²) in [7, 11) is 0. The molecule has 0 bridgehead atoms. The maximum atomic E-state index is 3.70. The SMILES string of the molecule is CC(C)(C)c1ccc(Nc2ccc(C(c3cccc4ccccc34)C(C)(C)C)c3ccccc23)cc1. The minimum absolute atomic E-state index is 0.0463. The fraction of sp³-hybridized carbons (Fsp3) is 0.257. The Labute approximate surface area is 216 Å². The second-order valence-electron chi connectivity index (χ2n) is 12.1. The van der Waals surface area contributed by atoms with Gasteiger partial charge in [-0.2, -0.15) is 0 Å². The van der Waals surface area contributed by atoms with Gasteiger partial charge in [0.25, 0.3) is 0 Å². The molecule has 0 fully saturated rings. The minimum atomic E-state index is 0.0463. The molecule has 1 nitrogen and oxygen atoms in total. The molecule has 0 saturated carbocycles. The number of rotatable bonds is 4. The number of hydrogen-bond donors (Lipinski definition) is 1. The third-order valence-electron chi connectivity index (χ3n) is 7.30. The predicted octanol–water partition coefficient (Wildman–Crippen LogP) is 10.2. The van der Waals surface area contributed by atoms with Gasteiger partial charge in [0, 0.05) is 22.7 Å². The fourth-order valence-corrected chi connectivity index (χ4v) is 5.49. The molecule has 1 N–H and O–H groups in total. The van der Waals surface area contributed by atoms with Gasteiger partial charge < -0.3 is 5.32 Å². The Morgan fingerprint density at radius 2 is 1.11 bits per heavy atom. The van der Waals surface area contributed by atoms with E-state index in [1.165, 1.54) is 38.2 Å². The highest BCUT2D eigenvalue weighted by molar-refractivity contribution is 5.98. The van der Waals surface area contributed by atoms with Crippen molar-refractivity contribution in [2.75, 3.05) is 5.32 Å². The van der Waals surface area contributed by atoms with Crippen molar-refractivity contribution in [2.24, 2.45) is 5.41 Å². The summed E-state index contributed by atoms with van der Waals surface area (Å²) in [5.41, 5.74) is 6.57. The number of anilines is 2. The molecule has 0 aliphatic heterocycles. The van der Waals surface area contributed by atoms with Crippen LogP contribution in [0.2, 0.25) is 0 Å². The van der Waals surface area contributed by atoms with E-state index in [4.69, 9.17) is 0 Å². The lowest BCUT2D eigenvalue weighted by atomic mass is 9.70. The maximum absolute atomic E-state index is 3.70. The molecule has 1 unspecified atom stereocenters. The molecule has 1 atom stereocenters. The fourth-order valence-electron chi connectivity index (χ4n) is 5.49. The molecule has 182 valence electrons. The molecule has 0 aromatic heterocycles. The predicted molar refractivity (Wildman–Crippen MR) is 158 cm³/mol. The molecular formula is C35H37N. The molecule has 1 heteroatoms. The summed E-state index contributed by atoms with van der Waals surface area (Å²) < 4.78 is 0. The summed E-state index contributed by atoms with van der Waals surface area (Å²) in [6.07, 6.45) is 0. The molecule has 0 aliphatic carbocycles. The van der Waals surface area contributed by atoms with Crippen LogP contribution in [-0.4, -0.2) is 0 Å². The summed E-state index contributed by atoms with van der Waals surface area (Å²) in [6, 6.07) is 37.8. The van der Waals surface area contributed by atoms with Crippen molar-refractivity contribution in [3.8, 4) is 0 Å². The van der Waals surface area contributed by atoms with Crippen LogP contribution in [0.4, 0.5) is 11.4 Å². The molecule has 5 rings (SSSR count). The van der Waals surface area contributed by atoms with Crippen LogP contribution in [0.25, 0.3) is 21.5 Å².